The Balaban J connectivity index is 2.11. The van der Waals surface area contributed by atoms with Gasteiger partial charge in [0.25, 0.3) is 0 Å². The van der Waals surface area contributed by atoms with Crippen LogP contribution in [0.25, 0.3) is 10.9 Å². The first-order valence-electron chi connectivity index (χ1n) is 6.23. The second-order valence-corrected chi connectivity index (χ2v) is 4.61. The molecule has 0 spiro atoms. The summed E-state index contributed by atoms with van der Waals surface area (Å²) in [5, 5.41) is 1.08. The molecule has 3 aromatic rings. The van der Waals surface area contributed by atoms with Crippen LogP contribution >= 0.6 is 0 Å². The Morgan fingerprint density at radius 2 is 2.11 bits per heavy atom. The van der Waals surface area contributed by atoms with Crippen molar-refractivity contribution in [1.29, 1.82) is 0 Å². The number of hydrogen-bond acceptors (Lipinski definition) is 2. The fraction of sp³-hybridized carbons (Fsp3) is 0.125. The molecule has 94 valence electrons. The molecule has 3 rings (SSSR count). The molecule has 3 nitrogen and oxygen atoms in total. The average Bonchev–Trinajstić information content (AvgIpc) is 2.85. The van der Waals surface area contributed by atoms with Crippen molar-refractivity contribution in [1.82, 2.24) is 9.55 Å². The molecule has 0 aliphatic carbocycles. The molecule has 0 radical (unpaired) electrons. The number of carbonyl (C=O) groups excluding carboxylic acids is 1. The van der Waals surface area contributed by atoms with Gasteiger partial charge in [-0.25, -0.2) is 0 Å². The number of aldehydes is 1. The summed E-state index contributed by atoms with van der Waals surface area (Å²) in [6, 6.07) is 11.8. The summed E-state index contributed by atoms with van der Waals surface area (Å²) >= 11 is 0. The van der Waals surface area contributed by atoms with E-state index in [4.69, 9.17) is 0 Å². The van der Waals surface area contributed by atoms with Crippen LogP contribution in [0.1, 0.15) is 21.6 Å². The van der Waals surface area contributed by atoms with Crippen molar-refractivity contribution >= 4 is 17.2 Å². The highest BCUT2D eigenvalue weighted by Gasteiger charge is 2.07. The fourth-order valence-corrected chi connectivity index (χ4v) is 2.36. The first-order chi connectivity index (χ1) is 9.29. The van der Waals surface area contributed by atoms with E-state index in [1.54, 1.807) is 6.20 Å². The summed E-state index contributed by atoms with van der Waals surface area (Å²) in [6.07, 6.45) is 4.71. The van der Waals surface area contributed by atoms with E-state index < -0.39 is 0 Å². The third-order valence-electron chi connectivity index (χ3n) is 3.38. The van der Waals surface area contributed by atoms with Crippen molar-refractivity contribution in [3.63, 3.8) is 0 Å². The van der Waals surface area contributed by atoms with Crippen LogP contribution in [0.5, 0.6) is 0 Å². The highest BCUT2D eigenvalue weighted by Crippen LogP contribution is 2.20. The van der Waals surface area contributed by atoms with Crippen LogP contribution in [0, 0.1) is 6.92 Å². The number of fused-ring (bicyclic) bond motifs is 1. The quantitative estimate of drug-likeness (QED) is 0.669. The van der Waals surface area contributed by atoms with Crippen LogP contribution in [0.2, 0.25) is 0 Å². The number of pyridine rings is 1. The van der Waals surface area contributed by atoms with Gasteiger partial charge in [-0.1, -0.05) is 18.2 Å². The van der Waals surface area contributed by atoms with Gasteiger partial charge in [0.15, 0.2) is 6.29 Å². The molecule has 3 heteroatoms. The van der Waals surface area contributed by atoms with Crippen LogP contribution in [-0.4, -0.2) is 15.8 Å². The van der Waals surface area contributed by atoms with Crippen LogP contribution < -0.4 is 0 Å². The van der Waals surface area contributed by atoms with Gasteiger partial charge < -0.3 is 4.57 Å². The SMILES string of the molecule is Cc1cccnc1Cn1ccc2cccc(C=O)c21. The van der Waals surface area contributed by atoms with Crippen molar-refractivity contribution < 1.29 is 4.79 Å². The number of rotatable bonds is 3. The molecular formula is C16H14N2O. The molecule has 0 bridgehead atoms. The number of benzene rings is 1. The molecule has 0 N–H and O–H groups in total. The van der Waals surface area contributed by atoms with E-state index in [1.807, 2.05) is 36.5 Å². The lowest BCUT2D eigenvalue weighted by molar-refractivity contribution is 0.112. The maximum absolute atomic E-state index is 11.2. The van der Waals surface area contributed by atoms with Gasteiger partial charge in [0, 0.05) is 23.3 Å². The number of carbonyl (C=O) groups is 1. The zero-order valence-electron chi connectivity index (χ0n) is 10.7. The number of aryl methyl sites for hydroxylation is 1. The van der Waals surface area contributed by atoms with E-state index in [0.717, 1.165) is 34.0 Å². The maximum Gasteiger partial charge on any atom is 0.152 e. The highest BCUT2D eigenvalue weighted by atomic mass is 16.1. The van der Waals surface area contributed by atoms with Gasteiger partial charge in [-0.05, 0) is 30.7 Å². The van der Waals surface area contributed by atoms with Gasteiger partial charge in [-0.3, -0.25) is 9.78 Å². The van der Waals surface area contributed by atoms with E-state index in [9.17, 15) is 4.79 Å². The molecule has 0 aliphatic heterocycles. The third kappa shape index (κ3) is 2.03. The monoisotopic (exact) mass is 250 g/mol. The smallest absolute Gasteiger partial charge is 0.152 e. The van der Waals surface area contributed by atoms with Gasteiger partial charge in [0.05, 0.1) is 17.8 Å². The van der Waals surface area contributed by atoms with Gasteiger partial charge in [-0.15, -0.1) is 0 Å². The standard InChI is InChI=1S/C16H14N2O/c1-12-4-3-8-17-15(12)10-18-9-7-13-5-2-6-14(11-19)16(13)18/h2-9,11H,10H2,1H3. The van der Waals surface area contributed by atoms with E-state index in [1.165, 1.54) is 0 Å². The summed E-state index contributed by atoms with van der Waals surface area (Å²) in [4.78, 5) is 15.6. The zero-order valence-corrected chi connectivity index (χ0v) is 10.7. The van der Waals surface area contributed by atoms with Crippen LogP contribution in [-0.2, 0) is 6.54 Å². The van der Waals surface area contributed by atoms with Gasteiger partial charge >= 0.3 is 0 Å². The van der Waals surface area contributed by atoms with E-state index in [2.05, 4.69) is 22.5 Å². The Hall–Kier alpha value is -2.42. The average molecular weight is 250 g/mol. The molecule has 0 saturated carbocycles. The van der Waals surface area contributed by atoms with E-state index in [0.29, 0.717) is 6.54 Å². The van der Waals surface area contributed by atoms with E-state index >= 15 is 0 Å². The van der Waals surface area contributed by atoms with Crippen molar-refractivity contribution in [2.75, 3.05) is 0 Å². The predicted molar refractivity (Wildman–Crippen MR) is 75.4 cm³/mol. The van der Waals surface area contributed by atoms with E-state index in [-0.39, 0.29) is 0 Å². The summed E-state index contributed by atoms with van der Waals surface area (Å²) in [5.74, 6) is 0. The lowest BCUT2D eigenvalue weighted by atomic mass is 10.1. The Bertz CT molecular complexity index is 743. The summed E-state index contributed by atoms with van der Waals surface area (Å²) in [7, 11) is 0. The van der Waals surface area contributed by atoms with Gasteiger partial charge in [0.1, 0.15) is 0 Å². The molecule has 1 aromatic carbocycles. The lowest BCUT2D eigenvalue weighted by Crippen LogP contribution is -2.03. The minimum atomic E-state index is 0.682. The lowest BCUT2D eigenvalue weighted by Gasteiger charge is -2.08. The Labute approximate surface area is 111 Å². The fourth-order valence-electron chi connectivity index (χ4n) is 2.36. The van der Waals surface area contributed by atoms with Crippen molar-refractivity contribution in [2.24, 2.45) is 0 Å². The first kappa shape index (κ1) is 11.7. The topological polar surface area (TPSA) is 34.9 Å². The highest BCUT2D eigenvalue weighted by molar-refractivity contribution is 5.96. The molecule has 2 heterocycles. The molecule has 0 unspecified atom stereocenters. The predicted octanol–water partition coefficient (Wildman–Crippen LogP) is 3.21. The molecule has 0 aliphatic rings. The zero-order chi connectivity index (χ0) is 13.2. The molecule has 2 aromatic heterocycles. The Morgan fingerprint density at radius 3 is 2.89 bits per heavy atom. The second-order valence-electron chi connectivity index (χ2n) is 4.61. The minimum absolute atomic E-state index is 0.682. The molecule has 0 amide bonds. The number of nitrogens with zero attached hydrogens (tertiary/aromatic N) is 2. The molecular weight excluding hydrogens is 236 g/mol. The maximum atomic E-state index is 11.2. The minimum Gasteiger partial charge on any atom is -0.341 e. The van der Waals surface area contributed by atoms with Crippen molar-refractivity contribution in [3.8, 4) is 0 Å². The largest absolute Gasteiger partial charge is 0.341 e. The van der Waals surface area contributed by atoms with Crippen LogP contribution in [0.4, 0.5) is 0 Å². The van der Waals surface area contributed by atoms with Crippen molar-refractivity contribution in [2.45, 2.75) is 13.5 Å². The van der Waals surface area contributed by atoms with Gasteiger partial charge in [0.2, 0.25) is 0 Å². The normalized spacial score (nSPS) is 10.8. The number of para-hydroxylation sites is 1. The third-order valence-corrected chi connectivity index (χ3v) is 3.38. The second kappa shape index (κ2) is 4.69. The molecule has 0 atom stereocenters. The van der Waals surface area contributed by atoms with Gasteiger partial charge in [-0.2, -0.15) is 0 Å². The molecule has 19 heavy (non-hydrogen) atoms. The Morgan fingerprint density at radius 1 is 1.21 bits per heavy atom. The van der Waals surface area contributed by atoms with Crippen molar-refractivity contribution in [3.05, 3.63) is 65.6 Å². The summed E-state index contributed by atoms with van der Waals surface area (Å²) in [5.41, 5.74) is 3.88. The Kier molecular flexibility index (Phi) is 2.88. The summed E-state index contributed by atoms with van der Waals surface area (Å²) < 4.78 is 2.08. The number of hydrogen-bond donors (Lipinski definition) is 0. The van der Waals surface area contributed by atoms with Crippen LogP contribution in [0.3, 0.4) is 0 Å². The molecule has 0 saturated heterocycles. The van der Waals surface area contributed by atoms with Crippen LogP contribution in [0.15, 0.2) is 48.8 Å². The molecule has 0 fully saturated rings. The summed E-state index contributed by atoms with van der Waals surface area (Å²) in [6.45, 7) is 2.73. The number of aromatic nitrogens is 2. The first-order valence-corrected chi connectivity index (χ1v) is 6.23.